The number of nitrogens with zero attached hydrogens (tertiary/aromatic N) is 3. The predicted molar refractivity (Wildman–Crippen MR) is 80.2 cm³/mol. The highest BCUT2D eigenvalue weighted by Crippen LogP contribution is 2.21. The van der Waals surface area contributed by atoms with Crippen molar-refractivity contribution in [2.24, 2.45) is 0 Å². The smallest absolute Gasteiger partial charge is 0.245 e. The third-order valence-electron chi connectivity index (χ3n) is 3.87. The van der Waals surface area contributed by atoms with Crippen molar-refractivity contribution in [3.63, 3.8) is 0 Å². The maximum atomic E-state index is 12.5. The van der Waals surface area contributed by atoms with E-state index in [1.807, 2.05) is 35.4 Å². The number of fused-ring (bicyclic) bond motifs is 1. The lowest BCUT2D eigenvalue weighted by Gasteiger charge is -2.21. The van der Waals surface area contributed by atoms with Crippen molar-refractivity contribution in [3.8, 4) is 0 Å². The number of rotatable bonds is 2. The van der Waals surface area contributed by atoms with E-state index >= 15 is 0 Å². The summed E-state index contributed by atoms with van der Waals surface area (Å²) in [6.45, 7) is 5.54. The van der Waals surface area contributed by atoms with E-state index < -0.39 is 0 Å². The Kier molecular flexibility index (Phi) is 3.33. The summed E-state index contributed by atoms with van der Waals surface area (Å²) in [5, 5.41) is 0. The lowest BCUT2D eigenvalue weighted by Crippen LogP contribution is -2.34. The quantitative estimate of drug-likeness (QED) is 0.865. The zero-order valence-corrected chi connectivity index (χ0v) is 12.5. The number of hydrogen-bond donors (Lipinski definition) is 1. The van der Waals surface area contributed by atoms with E-state index in [1.54, 1.807) is 0 Å². The number of carbonyl (C=O) groups is 1. The number of aryl methyl sites for hydroxylation is 1. The van der Waals surface area contributed by atoms with Crippen LogP contribution in [0.15, 0.2) is 12.1 Å². The fraction of sp³-hybridized carbons (Fsp3) is 0.500. The van der Waals surface area contributed by atoms with Crippen LogP contribution in [0, 0.1) is 11.7 Å². The molecular weight excluding hydrogens is 272 g/mol. The molecule has 1 unspecified atom stereocenters. The lowest BCUT2D eigenvalue weighted by molar-refractivity contribution is -0.133. The van der Waals surface area contributed by atoms with Gasteiger partial charge in [-0.25, -0.2) is 4.98 Å². The molecule has 1 aliphatic rings. The highest BCUT2D eigenvalue weighted by atomic mass is 32.1. The van der Waals surface area contributed by atoms with Crippen molar-refractivity contribution in [1.82, 2.24) is 19.4 Å². The van der Waals surface area contributed by atoms with Crippen molar-refractivity contribution in [2.75, 3.05) is 13.1 Å². The van der Waals surface area contributed by atoms with Crippen LogP contribution in [0.3, 0.4) is 0 Å². The number of hydrogen-bond acceptors (Lipinski definition) is 3. The molecule has 1 N–H and O–H groups in total. The summed E-state index contributed by atoms with van der Waals surface area (Å²) >= 11 is 5.36. The Balaban J connectivity index is 2.04. The number of aromatic amines is 1. The number of pyridine rings is 1. The minimum Gasteiger partial charge on any atom is -0.341 e. The van der Waals surface area contributed by atoms with Crippen molar-refractivity contribution in [3.05, 3.63) is 22.6 Å². The third kappa shape index (κ3) is 2.14. The van der Waals surface area contributed by atoms with E-state index in [9.17, 15) is 4.79 Å². The molecule has 1 amide bonds. The van der Waals surface area contributed by atoms with Crippen LogP contribution in [-0.2, 0) is 4.79 Å². The van der Waals surface area contributed by atoms with E-state index in [-0.39, 0.29) is 11.9 Å². The number of imidazole rings is 1. The largest absolute Gasteiger partial charge is 0.341 e. The van der Waals surface area contributed by atoms with Gasteiger partial charge in [-0.15, -0.1) is 0 Å². The molecule has 0 radical (unpaired) electrons. The average Bonchev–Trinajstić information content (AvgIpc) is 3.04. The highest BCUT2D eigenvalue weighted by Gasteiger charge is 2.26. The number of nitrogens with one attached hydrogen (secondary N) is 1. The normalized spacial score (nSPS) is 16.8. The molecule has 3 rings (SSSR count). The summed E-state index contributed by atoms with van der Waals surface area (Å²) in [6.07, 6.45) is 2.18. The summed E-state index contributed by atoms with van der Waals surface area (Å²) in [5.74, 6) is 0.128. The molecule has 0 saturated carbocycles. The average molecular weight is 290 g/mol. The molecule has 1 fully saturated rings. The van der Waals surface area contributed by atoms with Gasteiger partial charge in [-0.2, -0.15) is 0 Å². The van der Waals surface area contributed by atoms with E-state index in [2.05, 4.69) is 9.97 Å². The molecule has 6 heteroatoms. The van der Waals surface area contributed by atoms with Gasteiger partial charge in [-0.05, 0) is 51.0 Å². The number of carbonyl (C=O) groups excluding carboxylic acids is 1. The van der Waals surface area contributed by atoms with E-state index in [0.29, 0.717) is 4.77 Å². The van der Waals surface area contributed by atoms with Crippen LogP contribution < -0.4 is 0 Å². The topological polar surface area (TPSA) is 53.9 Å². The Bertz CT molecular complexity index is 712. The van der Waals surface area contributed by atoms with Crippen LogP contribution in [0.2, 0.25) is 0 Å². The van der Waals surface area contributed by atoms with Crippen LogP contribution in [0.25, 0.3) is 11.2 Å². The molecule has 0 bridgehead atoms. The number of aromatic nitrogens is 3. The molecule has 1 aliphatic heterocycles. The Morgan fingerprint density at radius 3 is 2.80 bits per heavy atom. The monoisotopic (exact) mass is 290 g/mol. The Morgan fingerprint density at radius 1 is 1.40 bits per heavy atom. The van der Waals surface area contributed by atoms with Gasteiger partial charge in [-0.3, -0.25) is 9.36 Å². The molecule has 0 spiro atoms. The van der Waals surface area contributed by atoms with Crippen LogP contribution >= 0.6 is 12.2 Å². The first-order valence-electron chi connectivity index (χ1n) is 6.94. The molecule has 20 heavy (non-hydrogen) atoms. The summed E-state index contributed by atoms with van der Waals surface area (Å²) in [5.41, 5.74) is 2.55. The molecule has 0 aliphatic carbocycles. The molecule has 3 heterocycles. The SMILES string of the molecule is Cc1ccc2[nH]c(=S)n(C(C)C(=O)N3CCCC3)c2n1. The van der Waals surface area contributed by atoms with Gasteiger partial charge in [0.25, 0.3) is 0 Å². The summed E-state index contributed by atoms with van der Waals surface area (Å²) in [4.78, 5) is 22.1. The van der Waals surface area contributed by atoms with Gasteiger partial charge in [-0.1, -0.05) is 0 Å². The summed E-state index contributed by atoms with van der Waals surface area (Å²) < 4.78 is 2.39. The predicted octanol–water partition coefficient (Wildman–Crippen LogP) is 2.59. The van der Waals surface area contributed by atoms with Gasteiger partial charge in [0.15, 0.2) is 10.4 Å². The minimum absolute atomic E-state index is 0.128. The van der Waals surface area contributed by atoms with Crippen molar-refractivity contribution in [2.45, 2.75) is 32.7 Å². The lowest BCUT2D eigenvalue weighted by atomic mass is 10.3. The second-order valence-electron chi connectivity index (χ2n) is 5.33. The molecule has 106 valence electrons. The second kappa shape index (κ2) is 5.01. The van der Waals surface area contributed by atoms with Crippen molar-refractivity contribution >= 4 is 29.3 Å². The van der Waals surface area contributed by atoms with Gasteiger partial charge in [0.05, 0.1) is 5.52 Å². The first kappa shape index (κ1) is 13.3. The zero-order valence-electron chi connectivity index (χ0n) is 11.7. The van der Waals surface area contributed by atoms with Gasteiger partial charge >= 0.3 is 0 Å². The fourth-order valence-corrected chi connectivity index (χ4v) is 3.12. The first-order valence-corrected chi connectivity index (χ1v) is 7.35. The summed E-state index contributed by atoms with van der Waals surface area (Å²) in [6, 6.07) is 3.57. The van der Waals surface area contributed by atoms with Crippen molar-refractivity contribution in [1.29, 1.82) is 0 Å². The van der Waals surface area contributed by atoms with Gasteiger partial charge in [0.1, 0.15) is 6.04 Å². The van der Waals surface area contributed by atoms with Crippen LogP contribution in [-0.4, -0.2) is 38.4 Å². The first-order chi connectivity index (χ1) is 9.58. The number of likely N-dealkylation sites (tertiary alicyclic amines) is 1. The molecule has 1 atom stereocenters. The number of amides is 1. The second-order valence-corrected chi connectivity index (χ2v) is 5.72. The molecule has 1 saturated heterocycles. The third-order valence-corrected chi connectivity index (χ3v) is 4.16. The van der Waals surface area contributed by atoms with Gasteiger partial charge in [0, 0.05) is 18.8 Å². The van der Waals surface area contributed by atoms with E-state index in [0.717, 1.165) is 42.8 Å². The Hall–Kier alpha value is -1.69. The zero-order chi connectivity index (χ0) is 14.3. The van der Waals surface area contributed by atoms with Gasteiger partial charge < -0.3 is 9.88 Å². The van der Waals surface area contributed by atoms with E-state index in [4.69, 9.17) is 12.2 Å². The van der Waals surface area contributed by atoms with E-state index in [1.165, 1.54) is 0 Å². The summed E-state index contributed by atoms with van der Waals surface area (Å²) in [7, 11) is 0. The molecule has 5 nitrogen and oxygen atoms in total. The molecule has 2 aromatic heterocycles. The maximum Gasteiger partial charge on any atom is 0.245 e. The molecule has 2 aromatic rings. The fourth-order valence-electron chi connectivity index (χ4n) is 2.77. The Morgan fingerprint density at radius 2 is 2.10 bits per heavy atom. The molecule has 0 aromatic carbocycles. The Labute approximate surface area is 122 Å². The maximum absolute atomic E-state index is 12.5. The standard InChI is InChI=1S/C14H18N4OS/c1-9-5-6-11-12(15-9)18(14(20)16-11)10(2)13(19)17-7-3-4-8-17/h5-6,10H,3-4,7-8H2,1-2H3,(H,16,20). The number of H-pyrrole nitrogens is 1. The highest BCUT2D eigenvalue weighted by molar-refractivity contribution is 7.71. The van der Waals surface area contributed by atoms with Gasteiger partial charge in [0.2, 0.25) is 5.91 Å². The van der Waals surface area contributed by atoms with Crippen LogP contribution in [0.1, 0.15) is 31.5 Å². The minimum atomic E-state index is -0.316. The van der Waals surface area contributed by atoms with Crippen LogP contribution in [0.4, 0.5) is 0 Å². The molecular formula is C14H18N4OS. The van der Waals surface area contributed by atoms with Crippen LogP contribution in [0.5, 0.6) is 0 Å². The van der Waals surface area contributed by atoms with Crippen molar-refractivity contribution < 1.29 is 4.79 Å².